The molecule has 0 saturated heterocycles. The maximum Gasteiger partial charge on any atom is 0.255 e. The van der Waals surface area contributed by atoms with Crippen molar-refractivity contribution >= 4 is 22.9 Å². The molecule has 0 aliphatic heterocycles. The summed E-state index contributed by atoms with van der Waals surface area (Å²) in [4.78, 5) is 17.5. The highest BCUT2D eigenvalue weighted by Crippen LogP contribution is 2.17. The smallest absolute Gasteiger partial charge is 0.255 e. The summed E-state index contributed by atoms with van der Waals surface area (Å²) in [6, 6.07) is 3.92. The van der Waals surface area contributed by atoms with Gasteiger partial charge in [-0.3, -0.25) is 9.78 Å². The van der Waals surface area contributed by atoms with E-state index in [1.165, 1.54) is 10.4 Å². The van der Waals surface area contributed by atoms with Crippen LogP contribution in [0.4, 0.5) is 5.69 Å². The first-order valence-electron chi connectivity index (χ1n) is 6.07. The van der Waals surface area contributed by atoms with Gasteiger partial charge in [0.25, 0.3) is 5.91 Å². The zero-order valence-corrected chi connectivity index (χ0v) is 12.1. The standard InChI is InChI=1S/C14H17N3OS/c1-9-4-5-19-13(9)8-17-14(18)11-7-16-10(2)6-12(11)15-3/h4-7H,8H2,1-3H3,(H,15,16)(H,17,18). The molecule has 19 heavy (non-hydrogen) atoms. The second-order valence-electron chi connectivity index (χ2n) is 4.33. The van der Waals surface area contributed by atoms with Gasteiger partial charge in [-0.15, -0.1) is 11.3 Å². The van der Waals surface area contributed by atoms with Crippen LogP contribution in [0.25, 0.3) is 0 Å². The second-order valence-corrected chi connectivity index (χ2v) is 5.33. The van der Waals surface area contributed by atoms with Crippen LogP contribution >= 0.6 is 11.3 Å². The van der Waals surface area contributed by atoms with Gasteiger partial charge in [0.1, 0.15) is 0 Å². The first kappa shape index (κ1) is 13.5. The number of thiophene rings is 1. The van der Waals surface area contributed by atoms with Gasteiger partial charge in [-0.2, -0.15) is 0 Å². The van der Waals surface area contributed by atoms with Crippen LogP contribution < -0.4 is 10.6 Å². The van der Waals surface area contributed by atoms with Gasteiger partial charge in [0.05, 0.1) is 17.8 Å². The van der Waals surface area contributed by atoms with Crippen LogP contribution in [-0.2, 0) is 6.54 Å². The number of hydrogen-bond donors (Lipinski definition) is 2. The maximum absolute atomic E-state index is 12.2. The fourth-order valence-electron chi connectivity index (χ4n) is 1.79. The molecule has 2 aromatic rings. The molecule has 0 bridgehead atoms. The third-order valence-corrected chi connectivity index (χ3v) is 3.96. The number of aromatic nitrogens is 1. The normalized spacial score (nSPS) is 10.3. The van der Waals surface area contributed by atoms with Gasteiger partial charge in [0, 0.05) is 23.8 Å². The molecule has 0 spiro atoms. The lowest BCUT2D eigenvalue weighted by Gasteiger charge is -2.10. The van der Waals surface area contributed by atoms with Gasteiger partial charge >= 0.3 is 0 Å². The van der Waals surface area contributed by atoms with Crippen LogP contribution in [0.5, 0.6) is 0 Å². The van der Waals surface area contributed by atoms with E-state index in [0.717, 1.165) is 11.4 Å². The quantitative estimate of drug-likeness (QED) is 0.902. The summed E-state index contributed by atoms with van der Waals surface area (Å²) in [5.41, 5.74) is 3.46. The van der Waals surface area contributed by atoms with Crippen molar-refractivity contribution in [2.24, 2.45) is 0 Å². The Morgan fingerprint density at radius 2 is 2.21 bits per heavy atom. The molecular weight excluding hydrogens is 258 g/mol. The molecule has 0 radical (unpaired) electrons. The van der Waals surface area contributed by atoms with Crippen LogP contribution in [0.2, 0.25) is 0 Å². The molecule has 0 atom stereocenters. The summed E-state index contributed by atoms with van der Waals surface area (Å²) in [6.07, 6.45) is 1.61. The van der Waals surface area contributed by atoms with Crippen molar-refractivity contribution in [3.63, 3.8) is 0 Å². The molecular formula is C14H17N3OS. The van der Waals surface area contributed by atoms with Crippen LogP contribution in [0, 0.1) is 13.8 Å². The van der Waals surface area contributed by atoms with Crippen molar-refractivity contribution in [2.75, 3.05) is 12.4 Å². The Labute approximate surface area is 116 Å². The van der Waals surface area contributed by atoms with Crippen molar-refractivity contribution in [2.45, 2.75) is 20.4 Å². The molecule has 0 fully saturated rings. The zero-order valence-electron chi connectivity index (χ0n) is 11.3. The van der Waals surface area contributed by atoms with Gasteiger partial charge in [-0.25, -0.2) is 0 Å². The van der Waals surface area contributed by atoms with Crippen molar-refractivity contribution < 1.29 is 4.79 Å². The SMILES string of the molecule is CNc1cc(C)ncc1C(=O)NCc1sccc1C. The highest BCUT2D eigenvalue weighted by Gasteiger charge is 2.12. The molecule has 5 heteroatoms. The van der Waals surface area contributed by atoms with E-state index in [4.69, 9.17) is 0 Å². The third-order valence-electron chi connectivity index (χ3n) is 2.93. The fraction of sp³-hybridized carbons (Fsp3) is 0.286. The Morgan fingerprint density at radius 3 is 2.84 bits per heavy atom. The predicted molar refractivity (Wildman–Crippen MR) is 78.7 cm³/mol. The van der Waals surface area contributed by atoms with Crippen LogP contribution in [-0.4, -0.2) is 17.9 Å². The number of nitrogens with zero attached hydrogens (tertiary/aromatic N) is 1. The van der Waals surface area contributed by atoms with Gasteiger partial charge in [0.15, 0.2) is 0 Å². The van der Waals surface area contributed by atoms with E-state index >= 15 is 0 Å². The number of aryl methyl sites for hydroxylation is 2. The molecule has 0 aliphatic rings. The topological polar surface area (TPSA) is 54.0 Å². The first-order chi connectivity index (χ1) is 9.11. The maximum atomic E-state index is 12.2. The first-order valence-corrected chi connectivity index (χ1v) is 6.95. The summed E-state index contributed by atoms with van der Waals surface area (Å²) in [5.74, 6) is -0.107. The van der Waals surface area contributed by atoms with Crippen LogP contribution in [0.1, 0.15) is 26.5 Å². The zero-order chi connectivity index (χ0) is 13.8. The molecule has 2 heterocycles. The van der Waals surface area contributed by atoms with Gasteiger partial charge in [-0.05, 0) is 36.9 Å². The number of carbonyl (C=O) groups is 1. The molecule has 2 aromatic heterocycles. The van der Waals surface area contributed by atoms with Crippen LogP contribution in [0.3, 0.4) is 0 Å². The Balaban J connectivity index is 2.10. The molecule has 4 nitrogen and oxygen atoms in total. The molecule has 0 saturated carbocycles. The van der Waals surface area contributed by atoms with Gasteiger partial charge in [0.2, 0.25) is 0 Å². The van der Waals surface area contributed by atoms with Gasteiger partial charge < -0.3 is 10.6 Å². The highest BCUT2D eigenvalue weighted by molar-refractivity contribution is 7.10. The number of amides is 1. The minimum absolute atomic E-state index is 0.107. The van der Waals surface area contributed by atoms with E-state index in [1.807, 2.05) is 25.3 Å². The number of anilines is 1. The molecule has 1 amide bonds. The van der Waals surface area contributed by atoms with Crippen molar-refractivity contribution in [1.82, 2.24) is 10.3 Å². The highest BCUT2D eigenvalue weighted by atomic mass is 32.1. The van der Waals surface area contributed by atoms with Crippen LogP contribution in [0.15, 0.2) is 23.7 Å². The minimum atomic E-state index is -0.107. The number of rotatable bonds is 4. The Morgan fingerprint density at radius 1 is 1.42 bits per heavy atom. The summed E-state index contributed by atoms with van der Waals surface area (Å²) < 4.78 is 0. The summed E-state index contributed by atoms with van der Waals surface area (Å²) >= 11 is 1.65. The molecule has 100 valence electrons. The minimum Gasteiger partial charge on any atom is -0.387 e. The summed E-state index contributed by atoms with van der Waals surface area (Å²) in [7, 11) is 1.80. The fourth-order valence-corrected chi connectivity index (χ4v) is 2.63. The predicted octanol–water partition coefficient (Wildman–Crippen LogP) is 2.73. The van der Waals surface area contributed by atoms with Crippen molar-refractivity contribution in [1.29, 1.82) is 0 Å². The molecule has 2 N–H and O–H groups in total. The van der Waals surface area contributed by atoms with Crippen molar-refractivity contribution in [3.05, 3.63) is 45.4 Å². The molecule has 0 unspecified atom stereocenters. The van der Waals surface area contributed by atoms with E-state index in [9.17, 15) is 4.79 Å². The Hall–Kier alpha value is -1.88. The molecule has 0 aromatic carbocycles. The van der Waals surface area contributed by atoms with E-state index < -0.39 is 0 Å². The molecule has 0 aliphatic carbocycles. The van der Waals surface area contributed by atoms with E-state index in [2.05, 4.69) is 21.7 Å². The number of nitrogens with one attached hydrogen (secondary N) is 2. The lowest BCUT2D eigenvalue weighted by molar-refractivity contribution is 0.0951. The average Bonchev–Trinajstić information content (AvgIpc) is 2.81. The summed E-state index contributed by atoms with van der Waals surface area (Å²) in [5, 5.41) is 7.98. The van der Waals surface area contributed by atoms with Gasteiger partial charge in [-0.1, -0.05) is 0 Å². The monoisotopic (exact) mass is 275 g/mol. The lowest BCUT2D eigenvalue weighted by Crippen LogP contribution is -2.23. The number of carbonyl (C=O) groups excluding carboxylic acids is 1. The Kier molecular flexibility index (Phi) is 4.16. The van der Waals surface area contributed by atoms with E-state index in [1.54, 1.807) is 24.6 Å². The molecule has 2 rings (SSSR count). The lowest BCUT2D eigenvalue weighted by atomic mass is 10.2. The Bertz CT molecular complexity index is 592. The third kappa shape index (κ3) is 3.12. The summed E-state index contributed by atoms with van der Waals surface area (Å²) in [6.45, 7) is 4.50. The largest absolute Gasteiger partial charge is 0.387 e. The number of hydrogen-bond acceptors (Lipinski definition) is 4. The van der Waals surface area contributed by atoms with E-state index in [0.29, 0.717) is 12.1 Å². The average molecular weight is 275 g/mol. The number of pyridine rings is 1. The van der Waals surface area contributed by atoms with Crippen molar-refractivity contribution in [3.8, 4) is 0 Å². The van der Waals surface area contributed by atoms with E-state index in [-0.39, 0.29) is 5.91 Å². The second kappa shape index (κ2) is 5.84.